The smallest absolute Gasteiger partial charge is 0.311 e. The van der Waals surface area contributed by atoms with Gasteiger partial charge in [-0.1, -0.05) is 0 Å². The van der Waals surface area contributed by atoms with Crippen LogP contribution in [0, 0.1) is 5.41 Å². The highest BCUT2D eigenvalue weighted by Crippen LogP contribution is 2.15. The van der Waals surface area contributed by atoms with Crippen LogP contribution in [-0.4, -0.2) is 35.5 Å². The molecular formula is C9H18O4. The van der Waals surface area contributed by atoms with Crippen LogP contribution in [0.15, 0.2) is 0 Å². The Hall–Kier alpha value is -0.610. The maximum Gasteiger partial charge on any atom is 0.311 e. The van der Waals surface area contributed by atoms with Crippen molar-refractivity contribution in [1.29, 1.82) is 0 Å². The van der Waals surface area contributed by atoms with Crippen LogP contribution in [0.5, 0.6) is 0 Å². The van der Waals surface area contributed by atoms with E-state index >= 15 is 0 Å². The molecule has 0 heterocycles. The summed E-state index contributed by atoms with van der Waals surface area (Å²) in [4.78, 5) is 11.2. The van der Waals surface area contributed by atoms with Crippen LogP contribution < -0.4 is 0 Å². The minimum Gasteiger partial charge on any atom is -0.465 e. The summed E-state index contributed by atoms with van der Waals surface area (Å²) in [6, 6.07) is 0. The summed E-state index contributed by atoms with van der Waals surface area (Å²) in [5.41, 5.74) is -0.510. The van der Waals surface area contributed by atoms with Gasteiger partial charge in [0.2, 0.25) is 0 Å². The first-order chi connectivity index (χ1) is 5.88. The van der Waals surface area contributed by atoms with E-state index in [-0.39, 0.29) is 25.6 Å². The van der Waals surface area contributed by atoms with Crippen molar-refractivity contribution in [2.75, 3.05) is 13.2 Å². The molecule has 0 rings (SSSR count). The second kappa shape index (κ2) is 5.19. The molecule has 0 aromatic rings. The Morgan fingerprint density at radius 2 is 2.00 bits per heavy atom. The monoisotopic (exact) mass is 190 g/mol. The summed E-state index contributed by atoms with van der Waals surface area (Å²) in [7, 11) is 0. The number of aliphatic hydroxyl groups excluding tert-OH is 2. The Labute approximate surface area is 78.5 Å². The van der Waals surface area contributed by atoms with E-state index in [0.717, 1.165) is 0 Å². The van der Waals surface area contributed by atoms with E-state index in [0.29, 0.717) is 0 Å². The average molecular weight is 190 g/mol. The van der Waals surface area contributed by atoms with Gasteiger partial charge in [-0.25, -0.2) is 0 Å². The van der Waals surface area contributed by atoms with Crippen LogP contribution in [-0.2, 0) is 9.53 Å². The Morgan fingerprint density at radius 1 is 1.46 bits per heavy atom. The number of carbonyl (C=O) groups is 1. The topological polar surface area (TPSA) is 66.8 Å². The van der Waals surface area contributed by atoms with Crippen molar-refractivity contribution in [3.63, 3.8) is 0 Å². The highest BCUT2D eigenvalue weighted by atomic mass is 16.5. The highest BCUT2D eigenvalue weighted by Gasteiger charge is 2.22. The number of rotatable bonds is 4. The summed E-state index contributed by atoms with van der Waals surface area (Å²) in [6.07, 6.45) is -0.522. The molecule has 0 amide bonds. The van der Waals surface area contributed by atoms with Crippen molar-refractivity contribution in [2.24, 2.45) is 5.41 Å². The van der Waals surface area contributed by atoms with E-state index < -0.39 is 11.5 Å². The number of hydrogen-bond acceptors (Lipinski definition) is 4. The maximum absolute atomic E-state index is 11.2. The van der Waals surface area contributed by atoms with Crippen molar-refractivity contribution in [2.45, 2.75) is 33.3 Å². The summed E-state index contributed by atoms with van der Waals surface area (Å²) < 4.78 is 4.87. The van der Waals surface area contributed by atoms with Gasteiger partial charge in [-0.05, 0) is 20.8 Å². The van der Waals surface area contributed by atoms with E-state index in [9.17, 15) is 4.79 Å². The van der Waals surface area contributed by atoms with Crippen LogP contribution in [0.2, 0.25) is 0 Å². The normalized spacial score (nSPS) is 13.9. The van der Waals surface area contributed by atoms with E-state index in [1.165, 1.54) is 0 Å². The molecular weight excluding hydrogens is 172 g/mol. The predicted octanol–water partition coefficient (Wildman–Crippen LogP) is 0.319. The van der Waals surface area contributed by atoms with Crippen LogP contribution in [0.1, 0.15) is 27.2 Å². The minimum atomic E-state index is -0.798. The van der Waals surface area contributed by atoms with Crippen molar-refractivity contribution in [3.05, 3.63) is 0 Å². The lowest BCUT2D eigenvalue weighted by molar-refractivity contribution is -0.153. The Kier molecular flexibility index (Phi) is 4.95. The zero-order valence-corrected chi connectivity index (χ0v) is 8.41. The van der Waals surface area contributed by atoms with Gasteiger partial charge in [0.05, 0.1) is 24.7 Å². The molecule has 4 heteroatoms. The molecule has 0 aromatic carbocycles. The van der Waals surface area contributed by atoms with Gasteiger partial charge in [0.25, 0.3) is 0 Å². The second-order valence-electron chi connectivity index (χ2n) is 4.01. The lowest BCUT2D eigenvalue weighted by Gasteiger charge is -2.17. The van der Waals surface area contributed by atoms with Crippen molar-refractivity contribution in [3.8, 4) is 0 Å². The number of carbonyl (C=O) groups excluding carboxylic acids is 1. The maximum atomic E-state index is 11.2. The van der Waals surface area contributed by atoms with E-state index in [2.05, 4.69) is 0 Å². The number of ether oxygens (including phenoxy) is 1. The molecule has 0 spiro atoms. The largest absolute Gasteiger partial charge is 0.465 e. The Balaban J connectivity index is 3.60. The molecule has 0 aliphatic heterocycles. The quantitative estimate of drug-likeness (QED) is 0.626. The molecule has 0 aromatic heterocycles. The average Bonchev–Trinajstić information content (AvgIpc) is 2.02. The molecule has 1 atom stereocenters. The molecule has 0 unspecified atom stereocenters. The first-order valence-corrected chi connectivity index (χ1v) is 4.34. The van der Waals surface area contributed by atoms with E-state index in [4.69, 9.17) is 14.9 Å². The van der Waals surface area contributed by atoms with Gasteiger partial charge in [-0.3, -0.25) is 4.79 Å². The summed E-state index contributed by atoms with van der Waals surface area (Å²) in [5, 5.41) is 17.4. The molecule has 0 aliphatic rings. The summed E-state index contributed by atoms with van der Waals surface area (Å²) >= 11 is 0. The van der Waals surface area contributed by atoms with Crippen LogP contribution in [0.3, 0.4) is 0 Å². The molecule has 4 nitrogen and oxygen atoms in total. The van der Waals surface area contributed by atoms with Gasteiger partial charge >= 0.3 is 5.97 Å². The van der Waals surface area contributed by atoms with Crippen molar-refractivity contribution < 1.29 is 19.7 Å². The third kappa shape index (κ3) is 5.60. The fourth-order valence-electron chi connectivity index (χ4n) is 0.595. The molecule has 0 fully saturated rings. The molecule has 0 bridgehead atoms. The zero-order valence-electron chi connectivity index (χ0n) is 8.41. The molecule has 2 N–H and O–H groups in total. The SMILES string of the molecule is CC(C)(C)C(=O)OCC[C@H](O)CO. The Morgan fingerprint density at radius 3 is 2.38 bits per heavy atom. The van der Waals surface area contributed by atoms with Gasteiger partial charge in [0, 0.05) is 6.42 Å². The van der Waals surface area contributed by atoms with Crippen LogP contribution in [0.4, 0.5) is 0 Å². The molecule has 78 valence electrons. The predicted molar refractivity (Wildman–Crippen MR) is 48.1 cm³/mol. The first-order valence-electron chi connectivity index (χ1n) is 4.34. The third-order valence-corrected chi connectivity index (χ3v) is 1.51. The highest BCUT2D eigenvalue weighted by molar-refractivity contribution is 5.75. The second-order valence-corrected chi connectivity index (χ2v) is 4.01. The third-order valence-electron chi connectivity index (χ3n) is 1.51. The van der Waals surface area contributed by atoms with Gasteiger partial charge in [0.1, 0.15) is 0 Å². The molecule has 0 saturated carbocycles. The molecule has 13 heavy (non-hydrogen) atoms. The standard InChI is InChI=1S/C9H18O4/c1-9(2,3)8(12)13-5-4-7(11)6-10/h7,10-11H,4-6H2,1-3H3/t7-/m0/s1. The molecule has 0 radical (unpaired) electrons. The Bertz CT molecular complexity index is 159. The van der Waals surface area contributed by atoms with Crippen LogP contribution >= 0.6 is 0 Å². The van der Waals surface area contributed by atoms with Gasteiger partial charge in [-0.15, -0.1) is 0 Å². The van der Waals surface area contributed by atoms with Gasteiger partial charge in [-0.2, -0.15) is 0 Å². The van der Waals surface area contributed by atoms with Crippen LogP contribution in [0.25, 0.3) is 0 Å². The molecule has 0 aliphatic carbocycles. The summed E-state index contributed by atoms with van der Waals surface area (Å²) in [5.74, 6) is -0.294. The number of aliphatic hydroxyl groups is 2. The van der Waals surface area contributed by atoms with E-state index in [1.54, 1.807) is 20.8 Å². The van der Waals surface area contributed by atoms with Crippen molar-refractivity contribution >= 4 is 5.97 Å². The lowest BCUT2D eigenvalue weighted by Crippen LogP contribution is -2.25. The lowest BCUT2D eigenvalue weighted by atomic mass is 9.97. The molecule has 0 saturated heterocycles. The fraction of sp³-hybridized carbons (Fsp3) is 0.889. The fourth-order valence-corrected chi connectivity index (χ4v) is 0.595. The zero-order chi connectivity index (χ0) is 10.5. The van der Waals surface area contributed by atoms with Gasteiger partial charge < -0.3 is 14.9 Å². The number of esters is 1. The van der Waals surface area contributed by atoms with Crippen molar-refractivity contribution in [1.82, 2.24) is 0 Å². The number of hydrogen-bond donors (Lipinski definition) is 2. The van der Waals surface area contributed by atoms with E-state index in [1.807, 2.05) is 0 Å². The van der Waals surface area contributed by atoms with Gasteiger partial charge in [0.15, 0.2) is 0 Å². The first kappa shape index (κ1) is 12.4. The summed E-state index contributed by atoms with van der Waals surface area (Å²) in [6.45, 7) is 5.14. The minimum absolute atomic E-state index is 0.151.